The number of nitrogens with two attached hydrogens (primary N) is 1. The third-order valence-corrected chi connectivity index (χ3v) is 5.67. The van der Waals surface area contributed by atoms with E-state index in [4.69, 9.17) is 19.6 Å². The molecule has 0 radical (unpaired) electrons. The molecule has 0 spiro atoms. The minimum atomic E-state index is -0.168. The Labute approximate surface area is 177 Å². The van der Waals surface area contributed by atoms with Crippen molar-refractivity contribution in [3.8, 4) is 11.5 Å². The molecule has 0 saturated carbocycles. The van der Waals surface area contributed by atoms with Gasteiger partial charge in [-0.05, 0) is 25.2 Å². The Morgan fingerprint density at radius 2 is 1.87 bits per heavy atom. The number of benzene rings is 1. The molecule has 158 valence electrons. The normalized spacial score (nSPS) is 14.8. The zero-order chi connectivity index (χ0) is 21.3. The van der Waals surface area contributed by atoms with Crippen LogP contribution in [0.1, 0.15) is 23.5 Å². The average Bonchev–Trinajstić information content (AvgIpc) is 3.27. The highest BCUT2D eigenvalue weighted by molar-refractivity contribution is 7.98. The number of fused-ring (bicyclic) bond motifs is 1. The van der Waals surface area contributed by atoms with Gasteiger partial charge in [0.15, 0.2) is 11.5 Å². The second-order valence-corrected chi connectivity index (χ2v) is 7.59. The Morgan fingerprint density at radius 3 is 2.50 bits per heavy atom. The number of thioether (sulfide) groups is 1. The predicted octanol–water partition coefficient (Wildman–Crippen LogP) is 2.43. The first-order chi connectivity index (χ1) is 14.5. The van der Waals surface area contributed by atoms with Crippen LogP contribution in [0.25, 0.3) is 10.9 Å². The van der Waals surface area contributed by atoms with Crippen LogP contribution in [0.15, 0.2) is 21.8 Å². The van der Waals surface area contributed by atoms with Crippen molar-refractivity contribution < 1.29 is 18.7 Å². The van der Waals surface area contributed by atoms with Crippen LogP contribution in [0.2, 0.25) is 0 Å². The number of piperidine rings is 1. The Kier molecular flexibility index (Phi) is 5.62. The first kappa shape index (κ1) is 20.2. The Balaban J connectivity index is 1.52. The molecular weight excluding hydrogens is 408 g/mol. The van der Waals surface area contributed by atoms with Gasteiger partial charge in [0.1, 0.15) is 5.82 Å². The fourth-order valence-electron chi connectivity index (χ4n) is 3.52. The van der Waals surface area contributed by atoms with Gasteiger partial charge in [-0.3, -0.25) is 4.79 Å². The number of nitrogens with zero attached hydrogens (tertiary/aromatic N) is 5. The molecule has 1 aliphatic heterocycles. The van der Waals surface area contributed by atoms with Crippen LogP contribution >= 0.6 is 11.8 Å². The first-order valence-corrected chi connectivity index (χ1v) is 10.6. The monoisotopic (exact) mass is 430 g/mol. The van der Waals surface area contributed by atoms with Gasteiger partial charge < -0.3 is 24.5 Å². The van der Waals surface area contributed by atoms with E-state index >= 15 is 0 Å². The molecule has 11 heteroatoms. The van der Waals surface area contributed by atoms with Gasteiger partial charge in [0, 0.05) is 30.5 Å². The quantitative estimate of drug-likeness (QED) is 0.457. The highest BCUT2D eigenvalue weighted by Gasteiger charge is 2.30. The van der Waals surface area contributed by atoms with Gasteiger partial charge in [-0.2, -0.15) is 4.98 Å². The lowest BCUT2D eigenvalue weighted by Crippen LogP contribution is -2.37. The third kappa shape index (κ3) is 3.72. The number of carbonyl (C=O) groups is 1. The van der Waals surface area contributed by atoms with E-state index in [-0.39, 0.29) is 17.6 Å². The predicted molar refractivity (Wildman–Crippen MR) is 112 cm³/mol. The molecule has 1 aliphatic rings. The largest absolute Gasteiger partial charge is 0.493 e. The summed E-state index contributed by atoms with van der Waals surface area (Å²) in [6, 6.07) is 3.55. The number of anilines is 2. The molecule has 30 heavy (non-hydrogen) atoms. The number of nitrogen functional groups attached to an aromatic ring is 1. The molecule has 0 atom stereocenters. The van der Waals surface area contributed by atoms with Crippen molar-refractivity contribution in [3.05, 3.63) is 18.0 Å². The summed E-state index contributed by atoms with van der Waals surface area (Å²) in [5, 5.41) is 8.78. The minimum absolute atomic E-state index is 0.0741. The second-order valence-electron chi connectivity index (χ2n) is 6.84. The summed E-state index contributed by atoms with van der Waals surface area (Å²) in [6.45, 7) is 1.25. The molecule has 4 rings (SSSR count). The summed E-state index contributed by atoms with van der Waals surface area (Å²) in [6.07, 6.45) is 3.10. The van der Waals surface area contributed by atoms with E-state index in [1.54, 1.807) is 26.4 Å². The Bertz CT molecular complexity index is 1080. The van der Waals surface area contributed by atoms with Crippen molar-refractivity contribution >= 4 is 40.2 Å². The maximum absolute atomic E-state index is 12.6. The van der Waals surface area contributed by atoms with Crippen molar-refractivity contribution in [2.45, 2.75) is 18.1 Å². The number of rotatable bonds is 6. The van der Waals surface area contributed by atoms with E-state index in [0.717, 1.165) is 0 Å². The molecular formula is C19H22N6O4S. The van der Waals surface area contributed by atoms with Crippen molar-refractivity contribution in [2.75, 3.05) is 44.2 Å². The summed E-state index contributed by atoms with van der Waals surface area (Å²) < 4.78 is 16.1. The fourth-order valence-corrected chi connectivity index (χ4v) is 3.80. The smallest absolute Gasteiger partial charge is 0.284 e. The van der Waals surface area contributed by atoms with Gasteiger partial charge in [0.05, 0.1) is 19.7 Å². The molecule has 1 fully saturated rings. The van der Waals surface area contributed by atoms with Crippen LogP contribution in [0.5, 0.6) is 11.5 Å². The lowest BCUT2D eigenvalue weighted by Gasteiger charge is -2.31. The number of methoxy groups -OCH3 is 2. The number of carbonyl (C=O) groups excluding carboxylic acids is 1. The lowest BCUT2D eigenvalue weighted by molar-refractivity contribution is 0.0859. The van der Waals surface area contributed by atoms with Crippen LogP contribution < -0.4 is 20.1 Å². The number of ketones is 1. The summed E-state index contributed by atoms with van der Waals surface area (Å²) in [5.74, 6) is 1.83. The molecule has 2 N–H and O–H groups in total. The molecule has 0 unspecified atom stereocenters. The number of Topliss-reactive ketones (excluding diaryl/α,β-unsaturated/α-hetero) is 1. The Morgan fingerprint density at radius 1 is 1.17 bits per heavy atom. The molecule has 1 saturated heterocycles. The van der Waals surface area contributed by atoms with Gasteiger partial charge in [-0.25, -0.2) is 4.98 Å². The maximum Gasteiger partial charge on any atom is 0.284 e. The van der Waals surface area contributed by atoms with Gasteiger partial charge in [0.25, 0.3) is 11.1 Å². The number of ether oxygens (including phenoxy) is 2. The summed E-state index contributed by atoms with van der Waals surface area (Å²) in [7, 11) is 3.14. The Hall–Kier alpha value is -3.08. The first-order valence-electron chi connectivity index (χ1n) is 9.40. The summed E-state index contributed by atoms with van der Waals surface area (Å²) >= 11 is 1.31. The van der Waals surface area contributed by atoms with E-state index in [2.05, 4.69) is 20.2 Å². The zero-order valence-electron chi connectivity index (χ0n) is 16.9. The molecule has 0 amide bonds. The molecule has 0 aliphatic carbocycles. The number of aromatic nitrogens is 4. The van der Waals surface area contributed by atoms with Crippen LogP contribution in [0.4, 0.5) is 11.8 Å². The van der Waals surface area contributed by atoms with Crippen molar-refractivity contribution in [2.24, 2.45) is 5.92 Å². The van der Waals surface area contributed by atoms with Gasteiger partial charge in [-0.15, -0.1) is 10.2 Å². The van der Waals surface area contributed by atoms with Crippen molar-refractivity contribution in [3.63, 3.8) is 0 Å². The summed E-state index contributed by atoms with van der Waals surface area (Å²) in [5.41, 5.74) is 6.86. The van der Waals surface area contributed by atoms with Crippen molar-refractivity contribution in [1.29, 1.82) is 0 Å². The molecule has 1 aromatic carbocycles. The minimum Gasteiger partial charge on any atom is -0.493 e. The highest BCUT2D eigenvalue weighted by Crippen LogP contribution is 2.34. The second kappa shape index (κ2) is 8.34. The highest BCUT2D eigenvalue weighted by atomic mass is 32.2. The molecule has 0 bridgehead atoms. The van der Waals surface area contributed by atoms with E-state index in [9.17, 15) is 4.79 Å². The lowest BCUT2D eigenvalue weighted by atomic mass is 9.92. The van der Waals surface area contributed by atoms with Crippen LogP contribution in [-0.4, -0.2) is 59.5 Å². The molecule has 2 aromatic heterocycles. The fraction of sp³-hybridized carbons (Fsp3) is 0.421. The number of hydrogen-bond acceptors (Lipinski definition) is 11. The zero-order valence-corrected chi connectivity index (χ0v) is 17.7. The van der Waals surface area contributed by atoms with Crippen LogP contribution in [-0.2, 0) is 0 Å². The maximum atomic E-state index is 12.6. The number of hydrogen-bond donors (Lipinski definition) is 1. The van der Waals surface area contributed by atoms with Gasteiger partial charge >= 0.3 is 0 Å². The summed E-state index contributed by atoms with van der Waals surface area (Å²) in [4.78, 5) is 23.8. The van der Waals surface area contributed by atoms with E-state index < -0.39 is 0 Å². The van der Waals surface area contributed by atoms with Crippen LogP contribution in [0, 0.1) is 5.92 Å². The third-order valence-electron chi connectivity index (χ3n) is 5.16. The molecule has 3 aromatic rings. The standard InChI is InChI=1S/C19H22N6O4S/c1-27-13-8-11-12(9-14(13)28-2)21-18(22-16(11)20)25-6-4-10(5-7-25)15(26)17-23-24-19(29-17)30-3/h8-10H,4-7H2,1-3H3,(H2,20,21,22). The SMILES string of the molecule is COc1cc2nc(N3CCC(C(=O)c4nnc(SC)o4)CC3)nc(N)c2cc1OC. The molecule has 10 nitrogen and oxygen atoms in total. The molecule has 3 heterocycles. The topological polar surface area (TPSA) is 129 Å². The van der Waals surface area contributed by atoms with E-state index in [1.807, 2.05) is 11.2 Å². The average molecular weight is 430 g/mol. The van der Waals surface area contributed by atoms with Crippen LogP contribution in [0.3, 0.4) is 0 Å². The van der Waals surface area contributed by atoms with E-state index in [1.165, 1.54) is 11.8 Å². The van der Waals surface area contributed by atoms with Gasteiger partial charge in [0.2, 0.25) is 11.7 Å². The van der Waals surface area contributed by atoms with E-state index in [0.29, 0.717) is 65.3 Å². The van der Waals surface area contributed by atoms with Gasteiger partial charge in [-0.1, -0.05) is 11.8 Å². The van der Waals surface area contributed by atoms with Crippen molar-refractivity contribution in [1.82, 2.24) is 20.2 Å².